The SMILES string of the molecule is O=S1(=O)CCC(CNC2CC3CCC2C3)C1. The third kappa shape index (κ3) is 2.14. The van der Waals surface area contributed by atoms with E-state index in [1.165, 1.54) is 25.7 Å². The van der Waals surface area contributed by atoms with E-state index in [2.05, 4.69) is 5.32 Å². The van der Waals surface area contributed by atoms with Crippen LogP contribution in [0.15, 0.2) is 0 Å². The standard InChI is InChI=1S/C12H21NO2S/c14-16(15)4-3-10(8-16)7-13-12-6-9-1-2-11(12)5-9/h9-13H,1-8H2. The molecule has 4 heteroatoms. The summed E-state index contributed by atoms with van der Waals surface area (Å²) in [6, 6.07) is 0.696. The summed E-state index contributed by atoms with van der Waals surface area (Å²) in [5, 5.41) is 3.63. The molecule has 4 unspecified atom stereocenters. The van der Waals surface area contributed by atoms with Gasteiger partial charge in [-0.1, -0.05) is 6.42 Å². The molecule has 4 atom stereocenters. The highest BCUT2D eigenvalue weighted by atomic mass is 32.2. The van der Waals surface area contributed by atoms with Gasteiger partial charge in [-0.2, -0.15) is 0 Å². The summed E-state index contributed by atoms with van der Waals surface area (Å²) >= 11 is 0. The Kier molecular flexibility index (Phi) is 2.75. The van der Waals surface area contributed by atoms with Crippen LogP contribution in [0.1, 0.15) is 32.1 Å². The van der Waals surface area contributed by atoms with E-state index in [-0.39, 0.29) is 0 Å². The zero-order valence-electron chi connectivity index (χ0n) is 9.69. The van der Waals surface area contributed by atoms with Crippen LogP contribution in [-0.2, 0) is 9.84 Å². The number of rotatable bonds is 3. The van der Waals surface area contributed by atoms with Gasteiger partial charge in [0.2, 0.25) is 0 Å². The van der Waals surface area contributed by atoms with Gasteiger partial charge in [-0.05, 0) is 50.0 Å². The molecular weight excluding hydrogens is 222 g/mol. The predicted molar refractivity (Wildman–Crippen MR) is 64.0 cm³/mol. The summed E-state index contributed by atoms with van der Waals surface area (Å²) in [5.74, 6) is 3.07. The van der Waals surface area contributed by atoms with Gasteiger partial charge in [0, 0.05) is 6.04 Å². The van der Waals surface area contributed by atoms with Crippen LogP contribution in [-0.4, -0.2) is 32.5 Å². The fourth-order valence-electron chi connectivity index (χ4n) is 3.85. The first kappa shape index (κ1) is 11.0. The van der Waals surface area contributed by atoms with Crippen molar-refractivity contribution in [2.24, 2.45) is 17.8 Å². The molecule has 0 radical (unpaired) electrons. The zero-order valence-corrected chi connectivity index (χ0v) is 10.5. The van der Waals surface area contributed by atoms with Crippen LogP contribution in [0.2, 0.25) is 0 Å². The molecule has 3 rings (SSSR count). The molecule has 2 saturated carbocycles. The van der Waals surface area contributed by atoms with Crippen LogP contribution in [0.4, 0.5) is 0 Å². The monoisotopic (exact) mass is 243 g/mol. The summed E-state index contributed by atoms with van der Waals surface area (Å²) < 4.78 is 22.7. The maximum atomic E-state index is 11.3. The third-order valence-corrected chi connectivity index (χ3v) is 6.57. The molecule has 3 nitrogen and oxygen atoms in total. The van der Waals surface area contributed by atoms with E-state index in [0.29, 0.717) is 23.5 Å². The average molecular weight is 243 g/mol. The van der Waals surface area contributed by atoms with Crippen molar-refractivity contribution in [3.05, 3.63) is 0 Å². The first-order valence-corrected chi connectivity index (χ1v) is 8.38. The Balaban J connectivity index is 1.47. The molecule has 0 aromatic carbocycles. The highest BCUT2D eigenvalue weighted by Crippen LogP contribution is 2.44. The van der Waals surface area contributed by atoms with Crippen molar-refractivity contribution in [1.82, 2.24) is 5.32 Å². The van der Waals surface area contributed by atoms with Gasteiger partial charge in [0.05, 0.1) is 11.5 Å². The molecule has 0 spiro atoms. The lowest BCUT2D eigenvalue weighted by Crippen LogP contribution is -2.37. The van der Waals surface area contributed by atoms with Crippen molar-refractivity contribution < 1.29 is 8.42 Å². The Morgan fingerprint density at radius 1 is 1.12 bits per heavy atom. The van der Waals surface area contributed by atoms with E-state index >= 15 is 0 Å². The summed E-state index contributed by atoms with van der Waals surface area (Å²) in [4.78, 5) is 0. The quantitative estimate of drug-likeness (QED) is 0.810. The second-order valence-electron chi connectivity index (χ2n) is 5.96. The van der Waals surface area contributed by atoms with E-state index in [0.717, 1.165) is 24.8 Å². The number of sulfone groups is 1. The first-order valence-electron chi connectivity index (χ1n) is 6.56. The molecule has 2 bridgehead atoms. The van der Waals surface area contributed by atoms with Crippen LogP contribution in [0.5, 0.6) is 0 Å². The maximum Gasteiger partial charge on any atom is 0.150 e. The van der Waals surface area contributed by atoms with Crippen molar-refractivity contribution in [2.75, 3.05) is 18.1 Å². The van der Waals surface area contributed by atoms with E-state index in [1.54, 1.807) is 0 Å². The molecule has 1 N–H and O–H groups in total. The molecular formula is C12H21NO2S. The molecule has 0 amide bonds. The van der Waals surface area contributed by atoms with E-state index in [4.69, 9.17) is 0 Å². The van der Waals surface area contributed by atoms with Gasteiger partial charge in [0.25, 0.3) is 0 Å². The number of hydrogen-bond donors (Lipinski definition) is 1. The second kappa shape index (κ2) is 3.98. The van der Waals surface area contributed by atoms with Gasteiger partial charge >= 0.3 is 0 Å². The Labute approximate surface area is 97.9 Å². The minimum absolute atomic E-state index is 0.379. The molecule has 2 aliphatic carbocycles. The number of hydrogen-bond acceptors (Lipinski definition) is 3. The molecule has 3 fully saturated rings. The number of nitrogens with one attached hydrogen (secondary N) is 1. The third-order valence-electron chi connectivity index (χ3n) is 4.73. The molecule has 16 heavy (non-hydrogen) atoms. The van der Waals surface area contributed by atoms with Crippen molar-refractivity contribution in [3.8, 4) is 0 Å². The van der Waals surface area contributed by atoms with Crippen LogP contribution in [0.3, 0.4) is 0 Å². The van der Waals surface area contributed by atoms with E-state index in [1.807, 2.05) is 0 Å². The smallest absolute Gasteiger partial charge is 0.150 e. The topological polar surface area (TPSA) is 46.2 Å². The highest BCUT2D eigenvalue weighted by Gasteiger charge is 2.39. The largest absolute Gasteiger partial charge is 0.313 e. The van der Waals surface area contributed by atoms with Gasteiger partial charge in [-0.3, -0.25) is 0 Å². The van der Waals surface area contributed by atoms with Gasteiger partial charge < -0.3 is 5.32 Å². The molecule has 1 saturated heterocycles. The minimum atomic E-state index is -2.69. The van der Waals surface area contributed by atoms with Crippen LogP contribution < -0.4 is 5.32 Å². The Bertz CT molecular complexity index is 365. The van der Waals surface area contributed by atoms with Gasteiger partial charge in [0.1, 0.15) is 0 Å². The van der Waals surface area contributed by atoms with Crippen molar-refractivity contribution >= 4 is 9.84 Å². The lowest BCUT2D eigenvalue weighted by atomic mass is 9.95. The summed E-state index contributed by atoms with van der Waals surface area (Å²) in [7, 11) is -2.69. The molecule has 3 aliphatic rings. The summed E-state index contributed by atoms with van der Waals surface area (Å²) in [6.45, 7) is 0.924. The average Bonchev–Trinajstić information content (AvgIpc) is 2.89. The normalized spacial score (nSPS) is 45.2. The lowest BCUT2D eigenvalue weighted by Gasteiger charge is -2.24. The maximum absolute atomic E-state index is 11.3. The van der Waals surface area contributed by atoms with Crippen molar-refractivity contribution in [1.29, 1.82) is 0 Å². The van der Waals surface area contributed by atoms with Gasteiger partial charge in [0.15, 0.2) is 9.84 Å². The van der Waals surface area contributed by atoms with Gasteiger partial charge in [-0.25, -0.2) is 8.42 Å². The molecule has 1 heterocycles. The Morgan fingerprint density at radius 2 is 2.00 bits per heavy atom. The predicted octanol–water partition coefficient (Wildman–Crippen LogP) is 1.20. The van der Waals surface area contributed by atoms with Crippen molar-refractivity contribution in [2.45, 2.75) is 38.1 Å². The van der Waals surface area contributed by atoms with Gasteiger partial charge in [-0.15, -0.1) is 0 Å². The van der Waals surface area contributed by atoms with Crippen LogP contribution in [0, 0.1) is 17.8 Å². The summed E-state index contributed by atoms with van der Waals surface area (Å²) in [5.41, 5.74) is 0. The summed E-state index contributed by atoms with van der Waals surface area (Å²) in [6.07, 6.45) is 6.45. The molecule has 0 aromatic heterocycles. The van der Waals surface area contributed by atoms with E-state index in [9.17, 15) is 8.42 Å². The van der Waals surface area contributed by atoms with Crippen LogP contribution >= 0.6 is 0 Å². The van der Waals surface area contributed by atoms with Crippen molar-refractivity contribution in [3.63, 3.8) is 0 Å². The Hall–Kier alpha value is -0.0900. The molecule has 0 aromatic rings. The first-order chi connectivity index (χ1) is 7.62. The van der Waals surface area contributed by atoms with Crippen LogP contribution in [0.25, 0.3) is 0 Å². The number of fused-ring (bicyclic) bond motifs is 2. The lowest BCUT2D eigenvalue weighted by molar-refractivity contribution is 0.335. The van der Waals surface area contributed by atoms with E-state index < -0.39 is 9.84 Å². The fourth-order valence-corrected chi connectivity index (χ4v) is 5.71. The zero-order chi connectivity index (χ0) is 11.2. The fraction of sp³-hybridized carbons (Fsp3) is 1.00. The second-order valence-corrected chi connectivity index (χ2v) is 8.19. The Morgan fingerprint density at radius 3 is 2.56 bits per heavy atom. The highest BCUT2D eigenvalue weighted by molar-refractivity contribution is 7.91. The minimum Gasteiger partial charge on any atom is -0.313 e. The molecule has 92 valence electrons. The molecule has 1 aliphatic heterocycles.